The van der Waals surface area contributed by atoms with Crippen molar-refractivity contribution in [2.24, 2.45) is 5.84 Å². The van der Waals surface area contributed by atoms with E-state index >= 15 is 0 Å². The van der Waals surface area contributed by atoms with Gasteiger partial charge in [0, 0.05) is 5.02 Å². The molecule has 21 heavy (non-hydrogen) atoms. The Balaban J connectivity index is 2.44. The van der Waals surface area contributed by atoms with E-state index in [0.717, 1.165) is 35.3 Å². The minimum absolute atomic E-state index is 0.522. The second-order valence-electron chi connectivity index (χ2n) is 4.87. The van der Waals surface area contributed by atoms with Crippen molar-refractivity contribution in [2.75, 3.05) is 5.43 Å². The summed E-state index contributed by atoms with van der Waals surface area (Å²) in [5, 5.41) is 0.693. The molecule has 0 saturated carbocycles. The van der Waals surface area contributed by atoms with Gasteiger partial charge in [-0.3, -0.25) is 0 Å². The van der Waals surface area contributed by atoms with Crippen molar-refractivity contribution in [1.29, 1.82) is 0 Å². The first-order valence-corrected chi connectivity index (χ1v) is 7.19. The molecular weight excluding hydrogens is 288 g/mol. The molecule has 1 aromatic heterocycles. The third-order valence-corrected chi connectivity index (χ3v) is 3.38. The van der Waals surface area contributed by atoms with Crippen LogP contribution in [0, 0.1) is 13.8 Å². The van der Waals surface area contributed by atoms with E-state index in [1.807, 2.05) is 26.0 Å². The summed E-state index contributed by atoms with van der Waals surface area (Å²) in [4.78, 5) is 8.37. The molecule has 0 aliphatic heterocycles. The molecule has 1 heterocycles. The number of benzene rings is 1. The molecular formula is C15H19ClN4O. The molecule has 0 aliphatic carbocycles. The quantitative estimate of drug-likeness (QED) is 0.649. The smallest absolute Gasteiger partial charge is 0.227 e. The van der Waals surface area contributed by atoms with Gasteiger partial charge >= 0.3 is 0 Å². The van der Waals surface area contributed by atoms with Crippen LogP contribution in [-0.4, -0.2) is 9.97 Å². The van der Waals surface area contributed by atoms with Crippen LogP contribution in [0.2, 0.25) is 5.02 Å². The lowest BCUT2D eigenvalue weighted by atomic mass is 10.1. The standard InChI is InChI=1S/C15H19ClN4O/c1-4-5-12-14(20-17)18-8-19-15(12)21-13-9(2)6-11(16)7-10(13)3/h6-8H,4-5,17H2,1-3H3,(H,18,19,20). The fourth-order valence-electron chi connectivity index (χ4n) is 2.24. The largest absolute Gasteiger partial charge is 0.438 e. The third kappa shape index (κ3) is 3.43. The highest BCUT2D eigenvalue weighted by Gasteiger charge is 2.14. The number of nitrogens with zero attached hydrogens (tertiary/aromatic N) is 2. The lowest BCUT2D eigenvalue weighted by Crippen LogP contribution is -2.12. The molecule has 0 fully saturated rings. The molecule has 0 spiro atoms. The van der Waals surface area contributed by atoms with E-state index in [-0.39, 0.29) is 0 Å². The van der Waals surface area contributed by atoms with Gasteiger partial charge in [0.1, 0.15) is 17.9 Å². The van der Waals surface area contributed by atoms with Crippen LogP contribution >= 0.6 is 11.6 Å². The van der Waals surface area contributed by atoms with E-state index in [9.17, 15) is 0 Å². The summed E-state index contributed by atoms with van der Waals surface area (Å²) in [5.41, 5.74) is 5.39. The fraction of sp³-hybridized carbons (Fsp3) is 0.333. The summed E-state index contributed by atoms with van der Waals surface area (Å²) >= 11 is 6.05. The maximum atomic E-state index is 6.05. The Morgan fingerprint density at radius 3 is 2.48 bits per heavy atom. The lowest BCUT2D eigenvalue weighted by Gasteiger charge is -2.15. The van der Waals surface area contributed by atoms with Crippen molar-refractivity contribution in [1.82, 2.24) is 9.97 Å². The molecule has 2 aromatic rings. The van der Waals surface area contributed by atoms with Crippen LogP contribution in [0.15, 0.2) is 18.5 Å². The van der Waals surface area contributed by atoms with Gasteiger partial charge in [0.25, 0.3) is 0 Å². The van der Waals surface area contributed by atoms with Crippen LogP contribution in [-0.2, 0) is 6.42 Å². The molecule has 0 atom stereocenters. The fourth-order valence-corrected chi connectivity index (χ4v) is 2.57. The Hall–Kier alpha value is -1.85. The van der Waals surface area contributed by atoms with Gasteiger partial charge in [-0.25, -0.2) is 15.8 Å². The molecule has 0 radical (unpaired) electrons. The highest BCUT2D eigenvalue weighted by atomic mass is 35.5. The van der Waals surface area contributed by atoms with Gasteiger partial charge in [-0.1, -0.05) is 24.9 Å². The van der Waals surface area contributed by atoms with Crippen molar-refractivity contribution in [2.45, 2.75) is 33.6 Å². The zero-order valence-corrected chi connectivity index (χ0v) is 13.2. The summed E-state index contributed by atoms with van der Waals surface area (Å²) < 4.78 is 6.02. The molecule has 0 amide bonds. The Morgan fingerprint density at radius 1 is 1.24 bits per heavy atom. The van der Waals surface area contributed by atoms with Crippen LogP contribution in [0.4, 0.5) is 5.82 Å². The Kier molecular flexibility index (Phi) is 4.98. The van der Waals surface area contributed by atoms with E-state index in [4.69, 9.17) is 22.2 Å². The number of nitrogens with two attached hydrogens (primary N) is 1. The maximum absolute atomic E-state index is 6.05. The van der Waals surface area contributed by atoms with E-state index in [2.05, 4.69) is 22.3 Å². The van der Waals surface area contributed by atoms with Crippen molar-refractivity contribution in [3.63, 3.8) is 0 Å². The van der Waals surface area contributed by atoms with E-state index < -0.39 is 0 Å². The van der Waals surface area contributed by atoms with Crippen LogP contribution in [0.3, 0.4) is 0 Å². The Labute approximate surface area is 129 Å². The van der Waals surface area contributed by atoms with Gasteiger partial charge in [-0.15, -0.1) is 0 Å². The van der Waals surface area contributed by atoms with Crippen LogP contribution in [0.5, 0.6) is 11.6 Å². The number of hydrogen-bond acceptors (Lipinski definition) is 5. The van der Waals surface area contributed by atoms with Crippen molar-refractivity contribution < 1.29 is 4.74 Å². The topological polar surface area (TPSA) is 73.1 Å². The molecule has 6 heteroatoms. The van der Waals surface area contributed by atoms with E-state index in [1.54, 1.807) is 0 Å². The first-order chi connectivity index (χ1) is 10.1. The second kappa shape index (κ2) is 6.74. The Bertz CT molecular complexity index is 623. The number of hydrogen-bond donors (Lipinski definition) is 2. The van der Waals surface area contributed by atoms with Gasteiger partial charge in [-0.05, 0) is 43.5 Å². The van der Waals surface area contributed by atoms with Crippen molar-refractivity contribution >= 4 is 17.4 Å². The number of nitrogen functional groups attached to an aromatic ring is 1. The molecule has 0 unspecified atom stereocenters. The Morgan fingerprint density at radius 2 is 1.90 bits per heavy atom. The number of rotatable bonds is 5. The molecule has 3 N–H and O–H groups in total. The number of aromatic nitrogens is 2. The lowest BCUT2D eigenvalue weighted by molar-refractivity contribution is 0.448. The van der Waals surface area contributed by atoms with Gasteiger partial charge in [0.2, 0.25) is 5.88 Å². The first-order valence-electron chi connectivity index (χ1n) is 6.81. The van der Waals surface area contributed by atoms with Crippen LogP contribution in [0.25, 0.3) is 0 Å². The molecule has 5 nitrogen and oxygen atoms in total. The first kappa shape index (κ1) is 15.5. The summed E-state index contributed by atoms with van der Waals surface area (Å²) in [6.45, 7) is 5.99. The number of anilines is 1. The zero-order chi connectivity index (χ0) is 15.4. The van der Waals surface area contributed by atoms with Crippen molar-refractivity contribution in [3.05, 3.63) is 40.2 Å². The number of aryl methyl sites for hydroxylation is 2. The molecule has 0 bridgehead atoms. The number of nitrogens with one attached hydrogen (secondary N) is 1. The average Bonchev–Trinajstić information content (AvgIpc) is 2.44. The minimum Gasteiger partial charge on any atom is -0.438 e. The minimum atomic E-state index is 0.522. The highest BCUT2D eigenvalue weighted by Crippen LogP contribution is 2.33. The van der Waals surface area contributed by atoms with Gasteiger partial charge in [0.05, 0.1) is 5.56 Å². The predicted octanol–water partition coefficient (Wildman–Crippen LogP) is 3.78. The van der Waals surface area contributed by atoms with Gasteiger partial charge in [0.15, 0.2) is 0 Å². The number of hydrazine groups is 1. The van der Waals surface area contributed by atoms with Crippen LogP contribution in [0.1, 0.15) is 30.0 Å². The molecule has 2 rings (SSSR count). The third-order valence-electron chi connectivity index (χ3n) is 3.17. The van der Waals surface area contributed by atoms with Gasteiger partial charge < -0.3 is 10.2 Å². The van der Waals surface area contributed by atoms with E-state index in [1.165, 1.54) is 6.33 Å². The molecule has 0 saturated heterocycles. The second-order valence-corrected chi connectivity index (χ2v) is 5.31. The summed E-state index contributed by atoms with van der Waals surface area (Å²) in [5.74, 6) is 7.38. The normalized spacial score (nSPS) is 10.5. The van der Waals surface area contributed by atoms with Crippen molar-refractivity contribution in [3.8, 4) is 11.6 Å². The molecule has 112 valence electrons. The predicted molar refractivity (Wildman–Crippen MR) is 84.8 cm³/mol. The number of ether oxygens (including phenoxy) is 1. The SMILES string of the molecule is CCCc1c(NN)ncnc1Oc1c(C)cc(Cl)cc1C. The molecule has 0 aliphatic rings. The summed E-state index contributed by atoms with van der Waals surface area (Å²) in [7, 11) is 0. The monoisotopic (exact) mass is 306 g/mol. The number of halogens is 1. The summed E-state index contributed by atoms with van der Waals surface area (Å²) in [6.07, 6.45) is 3.16. The van der Waals surface area contributed by atoms with Crippen LogP contribution < -0.4 is 16.0 Å². The zero-order valence-electron chi connectivity index (χ0n) is 12.4. The summed E-state index contributed by atoms with van der Waals surface area (Å²) in [6, 6.07) is 3.74. The highest BCUT2D eigenvalue weighted by molar-refractivity contribution is 6.30. The van der Waals surface area contributed by atoms with Gasteiger partial charge in [-0.2, -0.15) is 0 Å². The van der Waals surface area contributed by atoms with E-state index in [0.29, 0.717) is 16.7 Å². The molecule has 1 aromatic carbocycles. The maximum Gasteiger partial charge on any atom is 0.227 e. The average molecular weight is 307 g/mol.